The SMILES string of the molecule is O=C(O)c1cccnc1N1CC(O)CC1=O. The molecule has 6 nitrogen and oxygen atoms in total. The maximum absolute atomic E-state index is 11.5. The number of pyridine rings is 1. The Hall–Kier alpha value is -1.95. The summed E-state index contributed by atoms with van der Waals surface area (Å²) in [6.45, 7) is 0.0934. The molecular formula is C10H10N2O4. The number of aromatic nitrogens is 1. The van der Waals surface area contributed by atoms with Crippen molar-refractivity contribution in [3.05, 3.63) is 23.9 Å². The maximum atomic E-state index is 11.5. The number of aliphatic hydroxyl groups excluding tert-OH is 1. The average molecular weight is 222 g/mol. The van der Waals surface area contributed by atoms with Gasteiger partial charge in [-0.25, -0.2) is 9.78 Å². The number of aliphatic hydroxyl groups is 1. The van der Waals surface area contributed by atoms with Crippen LogP contribution < -0.4 is 4.90 Å². The third kappa shape index (κ3) is 1.74. The van der Waals surface area contributed by atoms with Crippen molar-refractivity contribution in [3.63, 3.8) is 0 Å². The molecule has 0 radical (unpaired) electrons. The summed E-state index contributed by atoms with van der Waals surface area (Å²) in [5, 5.41) is 18.3. The lowest BCUT2D eigenvalue weighted by Crippen LogP contribution is -2.28. The first kappa shape index (κ1) is 10.6. The van der Waals surface area contributed by atoms with E-state index in [0.717, 1.165) is 0 Å². The summed E-state index contributed by atoms with van der Waals surface area (Å²) in [6.07, 6.45) is 0.672. The molecular weight excluding hydrogens is 212 g/mol. The predicted octanol–water partition coefficient (Wildman–Crippen LogP) is -0.123. The van der Waals surface area contributed by atoms with Crippen LogP contribution >= 0.6 is 0 Å². The highest BCUT2D eigenvalue weighted by Gasteiger charge is 2.32. The molecule has 16 heavy (non-hydrogen) atoms. The molecule has 0 aromatic carbocycles. The zero-order valence-corrected chi connectivity index (χ0v) is 8.33. The zero-order valence-electron chi connectivity index (χ0n) is 8.33. The summed E-state index contributed by atoms with van der Waals surface area (Å²) in [7, 11) is 0. The Morgan fingerprint density at radius 2 is 2.31 bits per heavy atom. The highest BCUT2D eigenvalue weighted by atomic mass is 16.4. The minimum Gasteiger partial charge on any atom is -0.478 e. The number of anilines is 1. The number of carbonyl (C=O) groups excluding carboxylic acids is 1. The topological polar surface area (TPSA) is 90.7 Å². The number of β-amino-alcohol motifs (C(OH)–C–C–N with tert-alkyl or cyclic N) is 1. The Morgan fingerprint density at radius 3 is 2.88 bits per heavy atom. The van der Waals surface area contributed by atoms with Gasteiger partial charge in [-0.15, -0.1) is 0 Å². The zero-order chi connectivity index (χ0) is 11.7. The minimum absolute atomic E-state index is 0.00956. The quantitative estimate of drug-likeness (QED) is 0.727. The molecule has 2 rings (SSSR count). The normalized spacial score (nSPS) is 20.2. The van der Waals surface area contributed by atoms with E-state index in [-0.39, 0.29) is 30.3 Å². The van der Waals surface area contributed by atoms with Crippen LogP contribution in [0.5, 0.6) is 0 Å². The first-order valence-electron chi connectivity index (χ1n) is 4.76. The molecule has 6 heteroatoms. The number of carboxylic acids is 1. The van der Waals surface area contributed by atoms with E-state index in [9.17, 15) is 14.7 Å². The van der Waals surface area contributed by atoms with Crippen molar-refractivity contribution in [2.45, 2.75) is 12.5 Å². The van der Waals surface area contributed by atoms with E-state index >= 15 is 0 Å². The molecule has 1 unspecified atom stereocenters. The predicted molar refractivity (Wildman–Crippen MR) is 54.2 cm³/mol. The van der Waals surface area contributed by atoms with Gasteiger partial charge in [0, 0.05) is 6.20 Å². The molecule has 2 N–H and O–H groups in total. The summed E-state index contributed by atoms with van der Waals surface area (Å²) in [5.74, 6) is -1.36. The Balaban J connectivity index is 2.40. The van der Waals surface area contributed by atoms with E-state index < -0.39 is 12.1 Å². The first-order valence-corrected chi connectivity index (χ1v) is 4.76. The Bertz CT molecular complexity index is 446. The van der Waals surface area contributed by atoms with Gasteiger partial charge in [0.2, 0.25) is 5.91 Å². The molecule has 0 aliphatic carbocycles. The molecule has 0 spiro atoms. The number of hydrogen-bond acceptors (Lipinski definition) is 4. The van der Waals surface area contributed by atoms with Gasteiger partial charge in [0.1, 0.15) is 11.4 Å². The molecule has 1 aromatic rings. The fourth-order valence-corrected chi connectivity index (χ4v) is 1.67. The van der Waals surface area contributed by atoms with E-state index in [2.05, 4.69) is 4.98 Å². The van der Waals surface area contributed by atoms with Gasteiger partial charge < -0.3 is 10.2 Å². The van der Waals surface area contributed by atoms with Crippen LogP contribution in [0.1, 0.15) is 16.8 Å². The average Bonchev–Trinajstić information content (AvgIpc) is 2.57. The van der Waals surface area contributed by atoms with Crippen LogP contribution in [0.4, 0.5) is 5.82 Å². The Kier molecular flexibility index (Phi) is 2.57. The number of nitrogens with zero attached hydrogens (tertiary/aromatic N) is 2. The summed E-state index contributed by atoms with van der Waals surface area (Å²) in [5.41, 5.74) is -0.0371. The molecule has 1 aliphatic heterocycles. The van der Waals surface area contributed by atoms with Gasteiger partial charge in [-0.1, -0.05) is 0 Å². The molecule has 0 bridgehead atoms. The third-order valence-corrected chi connectivity index (χ3v) is 2.38. The van der Waals surface area contributed by atoms with Gasteiger partial charge in [0.05, 0.1) is 19.1 Å². The van der Waals surface area contributed by atoms with Crippen LogP contribution in [-0.4, -0.2) is 39.7 Å². The monoisotopic (exact) mass is 222 g/mol. The Labute approximate surface area is 91.1 Å². The van der Waals surface area contributed by atoms with Crippen LogP contribution in [0.25, 0.3) is 0 Å². The standard InChI is InChI=1S/C10H10N2O4/c13-6-4-8(14)12(5-6)9-7(10(15)16)2-1-3-11-9/h1-3,6,13H,4-5H2,(H,15,16). The number of rotatable bonds is 2. The number of carbonyl (C=O) groups is 2. The molecule has 1 fully saturated rings. The smallest absolute Gasteiger partial charge is 0.339 e. The van der Waals surface area contributed by atoms with Crippen molar-refractivity contribution >= 4 is 17.7 Å². The molecule has 1 saturated heterocycles. The fourth-order valence-electron chi connectivity index (χ4n) is 1.67. The van der Waals surface area contributed by atoms with Gasteiger partial charge in [-0.2, -0.15) is 0 Å². The Morgan fingerprint density at radius 1 is 1.56 bits per heavy atom. The maximum Gasteiger partial charge on any atom is 0.339 e. The number of aromatic carboxylic acids is 1. The lowest BCUT2D eigenvalue weighted by atomic mass is 10.2. The van der Waals surface area contributed by atoms with Crippen LogP contribution in [0.2, 0.25) is 0 Å². The minimum atomic E-state index is -1.14. The van der Waals surface area contributed by atoms with E-state index in [1.807, 2.05) is 0 Å². The van der Waals surface area contributed by atoms with Gasteiger partial charge in [-0.05, 0) is 12.1 Å². The van der Waals surface area contributed by atoms with Crippen LogP contribution in [-0.2, 0) is 4.79 Å². The molecule has 1 amide bonds. The summed E-state index contributed by atoms with van der Waals surface area (Å²) < 4.78 is 0. The van der Waals surface area contributed by atoms with Crippen molar-refractivity contribution in [1.82, 2.24) is 4.98 Å². The summed E-state index contributed by atoms with van der Waals surface area (Å²) in [6, 6.07) is 2.87. The second-order valence-electron chi connectivity index (χ2n) is 3.54. The molecule has 2 heterocycles. The summed E-state index contributed by atoms with van der Waals surface area (Å²) >= 11 is 0. The van der Waals surface area contributed by atoms with Crippen molar-refractivity contribution in [1.29, 1.82) is 0 Å². The van der Waals surface area contributed by atoms with E-state index in [1.54, 1.807) is 0 Å². The molecule has 1 atom stereocenters. The van der Waals surface area contributed by atoms with Crippen molar-refractivity contribution in [2.24, 2.45) is 0 Å². The fraction of sp³-hybridized carbons (Fsp3) is 0.300. The van der Waals surface area contributed by atoms with Gasteiger partial charge in [0.15, 0.2) is 0 Å². The number of hydrogen-bond donors (Lipinski definition) is 2. The molecule has 1 aromatic heterocycles. The largest absolute Gasteiger partial charge is 0.478 e. The molecule has 84 valence electrons. The van der Waals surface area contributed by atoms with E-state index in [0.29, 0.717) is 0 Å². The third-order valence-electron chi connectivity index (χ3n) is 2.38. The first-order chi connectivity index (χ1) is 7.59. The number of carboxylic acid groups (broad SMARTS) is 1. The van der Waals surface area contributed by atoms with Gasteiger partial charge >= 0.3 is 5.97 Å². The molecule has 0 saturated carbocycles. The van der Waals surface area contributed by atoms with Crippen molar-refractivity contribution < 1.29 is 19.8 Å². The van der Waals surface area contributed by atoms with Crippen LogP contribution in [0.15, 0.2) is 18.3 Å². The van der Waals surface area contributed by atoms with Gasteiger partial charge in [0.25, 0.3) is 0 Å². The second kappa shape index (κ2) is 3.90. The van der Waals surface area contributed by atoms with E-state index in [4.69, 9.17) is 5.11 Å². The van der Waals surface area contributed by atoms with Crippen LogP contribution in [0.3, 0.4) is 0 Å². The van der Waals surface area contributed by atoms with Crippen LogP contribution in [0, 0.1) is 0 Å². The van der Waals surface area contributed by atoms with Crippen molar-refractivity contribution in [2.75, 3.05) is 11.4 Å². The van der Waals surface area contributed by atoms with Crippen molar-refractivity contribution in [3.8, 4) is 0 Å². The lowest BCUT2D eigenvalue weighted by molar-refractivity contribution is -0.117. The highest BCUT2D eigenvalue weighted by Crippen LogP contribution is 2.22. The molecule has 1 aliphatic rings. The lowest BCUT2D eigenvalue weighted by Gasteiger charge is -2.16. The van der Waals surface area contributed by atoms with E-state index in [1.165, 1.54) is 23.2 Å². The highest BCUT2D eigenvalue weighted by molar-refractivity contribution is 6.02. The number of amides is 1. The van der Waals surface area contributed by atoms with Gasteiger partial charge in [-0.3, -0.25) is 9.69 Å². The summed E-state index contributed by atoms with van der Waals surface area (Å²) in [4.78, 5) is 27.5. The second-order valence-corrected chi connectivity index (χ2v) is 3.54.